The highest BCUT2D eigenvalue weighted by molar-refractivity contribution is 5.69. The fraction of sp³-hybridized carbons (Fsp3) is 0.650. The molecule has 0 unspecified atom stereocenters. The first kappa shape index (κ1) is 21.6. The zero-order valence-electron chi connectivity index (χ0n) is 15.7. The van der Waals surface area contributed by atoms with Gasteiger partial charge in [-0.25, -0.2) is 0 Å². The second-order valence-corrected chi connectivity index (χ2v) is 6.86. The maximum absolute atomic E-state index is 11.4. The van der Waals surface area contributed by atoms with Crippen LogP contribution in [0.1, 0.15) is 39.2 Å². The van der Waals surface area contributed by atoms with Gasteiger partial charge in [0, 0.05) is 24.9 Å². The minimum atomic E-state index is -0.675. The molecule has 0 heterocycles. The van der Waals surface area contributed by atoms with Crippen LogP contribution in [0.2, 0.25) is 0 Å². The number of hydrogen-bond acceptors (Lipinski definition) is 5. The van der Waals surface area contributed by atoms with Crippen LogP contribution in [0.25, 0.3) is 0 Å². The Hall–Kier alpha value is -1.43. The van der Waals surface area contributed by atoms with Crippen molar-refractivity contribution in [3.63, 3.8) is 0 Å². The molecule has 0 bridgehead atoms. The van der Waals surface area contributed by atoms with E-state index < -0.39 is 6.10 Å². The average molecular weight is 352 g/mol. The van der Waals surface area contributed by atoms with Crippen molar-refractivity contribution in [2.75, 3.05) is 13.7 Å². The minimum Gasteiger partial charge on any atom is -0.469 e. The highest BCUT2D eigenvalue weighted by Crippen LogP contribution is 2.27. The van der Waals surface area contributed by atoms with Crippen LogP contribution in [0.5, 0.6) is 0 Å². The fourth-order valence-corrected chi connectivity index (χ4v) is 3.03. The molecule has 5 heteroatoms. The standard InChI is InChI=1S/C20H32O5/c1-14(10-11-18(22)24-4)20(16(3)19(23)15(2)12-21)25-13-17-8-6-5-7-9-17/h5-9,14-16,19-21,23H,10-13H2,1-4H3/t14-,15-,16+,19-,20-/m0/s1. The Morgan fingerprint density at radius 2 is 1.76 bits per heavy atom. The van der Waals surface area contributed by atoms with Gasteiger partial charge in [0.25, 0.3) is 0 Å². The lowest BCUT2D eigenvalue weighted by Gasteiger charge is -2.34. The van der Waals surface area contributed by atoms with Crippen LogP contribution >= 0.6 is 0 Å². The SMILES string of the molecule is COC(=O)CC[C@H](C)[C@H](OCc1ccccc1)[C@H](C)[C@@H](O)[C@@H](C)CO. The molecule has 0 spiro atoms. The molecule has 5 nitrogen and oxygen atoms in total. The van der Waals surface area contributed by atoms with Gasteiger partial charge in [0.15, 0.2) is 0 Å². The van der Waals surface area contributed by atoms with E-state index in [1.807, 2.05) is 51.1 Å². The van der Waals surface area contributed by atoms with Crippen LogP contribution in [-0.4, -0.2) is 42.1 Å². The van der Waals surface area contributed by atoms with E-state index in [1.165, 1.54) is 7.11 Å². The Balaban J connectivity index is 2.78. The van der Waals surface area contributed by atoms with Gasteiger partial charge < -0.3 is 19.7 Å². The summed E-state index contributed by atoms with van der Waals surface area (Å²) in [5, 5.41) is 19.8. The Kier molecular flexibility index (Phi) is 9.71. The Bertz CT molecular complexity index is 490. The average Bonchev–Trinajstić information content (AvgIpc) is 2.65. The molecule has 0 fully saturated rings. The molecule has 0 saturated carbocycles. The van der Waals surface area contributed by atoms with Gasteiger partial charge in [0.2, 0.25) is 0 Å². The second kappa shape index (κ2) is 11.2. The van der Waals surface area contributed by atoms with Crippen LogP contribution in [-0.2, 0) is 20.9 Å². The van der Waals surface area contributed by atoms with E-state index in [9.17, 15) is 15.0 Å². The minimum absolute atomic E-state index is 0.0679. The highest BCUT2D eigenvalue weighted by Gasteiger charge is 2.32. The summed E-state index contributed by atoms with van der Waals surface area (Å²) >= 11 is 0. The number of rotatable bonds is 11. The first-order valence-electron chi connectivity index (χ1n) is 8.91. The maximum atomic E-state index is 11.4. The largest absolute Gasteiger partial charge is 0.469 e. The molecule has 142 valence electrons. The zero-order chi connectivity index (χ0) is 18.8. The predicted molar refractivity (Wildman–Crippen MR) is 96.9 cm³/mol. The summed E-state index contributed by atoms with van der Waals surface area (Å²) in [7, 11) is 1.38. The monoisotopic (exact) mass is 352 g/mol. The van der Waals surface area contributed by atoms with Crippen molar-refractivity contribution in [1.29, 1.82) is 0 Å². The van der Waals surface area contributed by atoms with Gasteiger partial charge >= 0.3 is 5.97 Å². The molecule has 1 aromatic rings. The highest BCUT2D eigenvalue weighted by atomic mass is 16.5. The van der Waals surface area contributed by atoms with Crippen molar-refractivity contribution < 1.29 is 24.5 Å². The van der Waals surface area contributed by atoms with Crippen LogP contribution in [0.4, 0.5) is 0 Å². The van der Waals surface area contributed by atoms with E-state index in [2.05, 4.69) is 0 Å². The Morgan fingerprint density at radius 3 is 2.32 bits per heavy atom. The zero-order valence-corrected chi connectivity index (χ0v) is 15.7. The van der Waals surface area contributed by atoms with Gasteiger partial charge in [-0.05, 0) is 17.9 Å². The lowest BCUT2D eigenvalue weighted by molar-refractivity contribution is -0.141. The van der Waals surface area contributed by atoms with Crippen molar-refractivity contribution >= 4 is 5.97 Å². The number of carbonyl (C=O) groups excluding carboxylic acids is 1. The quantitative estimate of drug-likeness (QED) is 0.599. The summed E-state index contributed by atoms with van der Waals surface area (Å²) in [5.41, 5.74) is 1.06. The van der Waals surface area contributed by atoms with Gasteiger partial charge in [0.05, 0.1) is 25.9 Å². The maximum Gasteiger partial charge on any atom is 0.305 e. The third-order valence-electron chi connectivity index (χ3n) is 4.81. The molecule has 1 rings (SSSR count). The van der Waals surface area contributed by atoms with Crippen molar-refractivity contribution in [3.8, 4) is 0 Å². The summed E-state index contributed by atoms with van der Waals surface area (Å²) in [4.78, 5) is 11.4. The normalized spacial score (nSPS) is 17.4. The molecule has 0 saturated heterocycles. The molecule has 0 aliphatic heterocycles. The summed E-state index contributed by atoms with van der Waals surface area (Å²) < 4.78 is 10.9. The molecule has 0 aromatic heterocycles. The van der Waals surface area contributed by atoms with E-state index in [4.69, 9.17) is 9.47 Å². The summed E-state index contributed by atoms with van der Waals surface area (Å²) in [6.45, 7) is 6.13. The summed E-state index contributed by atoms with van der Waals surface area (Å²) in [6, 6.07) is 9.86. The number of aliphatic hydroxyl groups excluding tert-OH is 2. The summed E-state index contributed by atoms with van der Waals surface area (Å²) in [6.07, 6.45) is 0.0398. The Labute approximate surface area is 151 Å². The molecule has 2 N–H and O–H groups in total. The second-order valence-electron chi connectivity index (χ2n) is 6.86. The van der Waals surface area contributed by atoms with E-state index >= 15 is 0 Å². The number of carbonyl (C=O) groups is 1. The molecule has 25 heavy (non-hydrogen) atoms. The lowest BCUT2D eigenvalue weighted by atomic mass is 9.82. The van der Waals surface area contributed by atoms with E-state index in [-0.39, 0.29) is 36.4 Å². The van der Waals surface area contributed by atoms with Crippen LogP contribution < -0.4 is 0 Å². The van der Waals surface area contributed by atoms with E-state index in [0.29, 0.717) is 19.4 Å². The molecule has 5 atom stereocenters. The molecule has 1 aromatic carbocycles. The molecule has 0 aliphatic rings. The first-order valence-corrected chi connectivity index (χ1v) is 8.91. The predicted octanol–water partition coefficient (Wildman–Crippen LogP) is 2.79. The molecule has 0 aliphatic carbocycles. The molecule has 0 amide bonds. The molecular weight excluding hydrogens is 320 g/mol. The van der Waals surface area contributed by atoms with Crippen molar-refractivity contribution in [2.45, 2.75) is 52.4 Å². The van der Waals surface area contributed by atoms with Gasteiger partial charge in [-0.1, -0.05) is 51.1 Å². The first-order chi connectivity index (χ1) is 11.9. The third-order valence-corrected chi connectivity index (χ3v) is 4.81. The van der Waals surface area contributed by atoms with Crippen molar-refractivity contribution in [2.24, 2.45) is 17.8 Å². The lowest BCUT2D eigenvalue weighted by Crippen LogP contribution is -2.40. The van der Waals surface area contributed by atoms with E-state index in [0.717, 1.165) is 5.56 Å². The number of hydrogen-bond donors (Lipinski definition) is 2. The smallest absolute Gasteiger partial charge is 0.305 e. The van der Waals surface area contributed by atoms with Gasteiger partial charge in [0.1, 0.15) is 0 Å². The molecular formula is C20H32O5. The summed E-state index contributed by atoms with van der Waals surface area (Å²) in [5.74, 6) is -0.576. The number of aliphatic hydroxyl groups is 2. The van der Waals surface area contributed by atoms with Gasteiger partial charge in [-0.3, -0.25) is 4.79 Å². The van der Waals surface area contributed by atoms with Crippen LogP contribution in [0, 0.1) is 17.8 Å². The third kappa shape index (κ3) is 7.14. The topological polar surface area (TPSA) is 76.0 Å². The Morgan fingerprint density at radius 1 is 1.12 bits per heavy atom. The number of benzene rings is 1. The van der Waals surface area contributed by atoms with Crippen LogP contribution in [0.3, 0.4) is 0 Å². The molecule has 0 radical (unpaired) electrons. The number of esters is 1. The van der Waals surface area contributed by atoms with Crippen LogP contribution in [0.15, 0.2) is 30.3 Å². The van der Waals surface area contributed by atoms with Gasteiger partial charge in [-0.2, -0.15) is 0 Å². The van der Waals surface area contributed by atoms with Crippen molar-refractivity contribution in [3.05, 3.63) is 35.9 Å². The van der Waals surface area contributed by atoms with Gasteiger partial charge in [-0.15, -0.1) is 0 Å². The fourth-order valence-electron chi connectivity index (χ4n) is 3.03. The number of methoxy groups -OCH3 is 1. The number of ether oxygens (including phenoxy) is 2. The van der Waals surface area contributed by atoms with Crippen molar-refractivity contribution in [1.82, 2.24) is 0 Å². The van der Waals surface area contributed by atoms with E-state index in [1.54, 1.807) is 0 Å².